The van der Waals surface area contributed by atoms with Crippen LogP contribution in [-0.2, 0) is 11.2 Å². The Hall–Kier alpha value is -2.20. The van der Waals surface area contributed by atoms with E-state index in [0.717, 1.165) is 29.0 Å². The number of hydrogen-bond donors (Lipinski definition) is 2. The van der Waals surface area contributed by atoms with Crippen molar-refractivity contribution in [1.82, 2.24) is 5.32 Å². The summed E-state index contributed by atoms with van der Waals surface area (Å²) in [6, 6.07) is 15.6. The Balaban J connectivity index is 0.00000312. The number of nitrogens with one attached hydrogen (secondary N) is 1. The maximum atomic E-state index is 12.1. The van der Waals surface area contributed by atoms with Crippen molar-refractivity contribution in [2.75, 3.05) is 12.3 Å². The average molecular weight is 363 g/mol. The van der Waals surface area contributed by atoms with Crippen molar-refractivity contribution in [3.05, 3.63) is 59.7 Å². The molecular weight excluding hydrogens is 336 g/mol. The van der Waals surface area contributed by atoms with Gasteiger partial charge in [-0.15, -0.1) is 12.4 Å². The molecule has 4 nitrogen and oxygen atoms in total. The number of benzene rings is 2. The first-order valence-corrected chi connectivity index (χ1v) is 8.42. The fourth-order valence-electron chi connectivity index (χ4n) is 2.46. The Morgan fingerprint density at radius 1 is 1.16 bits per heavy atom. The first-order chi connectivity index (χ1) is 11.6. The SMILES string of the molecule is CCC(CNC(=O)CCc1ccccc1N)Oc1ccccc1C.Cl. The molecular formula is C20H27ClN2O2. The van der Waals surface area contributed by atoms with Crippen LogP contribution in [0.4, 0.5) is 5.69 Å². The molecule has 136 valence electrons. The van der Waals surface area contributed by atoms with E-state index in [4.69, 9.17) is 10.5 Å². The van der Waals surface area contributed by atoms with Crippen LogP contribution in [0, 0.1) is 6.92 Å². The van der Waals surface area contributed by atoms with E-state index < -0.39 is 0 Å². The molecule has 0 aliphatic heterocycles. The van der Waals surface area contributed by atoms with Gasteiger partial charge in [-0.3, -0.25) is 4.79 Å². The maximum absolute atomic E-state index is 12.1. The topological polar surface area (TPSA) is 64.4 Å². The Morgan fingerprint density at radius 3 is 2.52 bits per heavy atom. The lowest BCUT2D eigenvalue weighted by Gasteiger charge is -2.19. The van der Waals surface area contributed by atoms with Crippen molar-refractivity contribution in [3.63, 3.8) is 0 Å². The normalized spacial score (nSPS) is 11.3. The fourth-order valence-corrected chi connectivity index (χ4v) is 2.46. The third-order valence-corrected chi connectivity index (χ3v) is 4.05. The van der Waals surface area contributed by atoms with E-state index in [1.165, 1.54) is 0 Å². The number of carbonyl (C=O) groups excluding carboxylic acids is 1. The van der Waals surface area contributed by atoms with Crippen molar-refractivity contribution < 1.29 is 9.53 Å². The van der Waals surface area contributed by atoms with Gasteiger partial charge < -0.3 is 15.8 Å². The van der Waals surface area contributed by atoms with E-state index in [2.05, 4.69) is 12.2 Å². The molecule has 5 heteroatoms. The summed E-state index contributed by atoms with van der Waals surface area (Å²) in [7, 11) is 0. The number of para-hydroxylation sites is 2. The van der Waals surface area contributed by atoms with Gasteiger partial charge in [-0.05, 0) is 43.0 Å². The Bertz CT molecular complexity index is 676. The standard InChI is InChI=1S/C20H26N2O2.ClH/c1-3-17(24-19-11-7-4-8-15(19)2)14-22-20(23)13-12-16-9-5-6-10-18(16)21;/h4-11,17H,3,12-14,21H2,1-2H3,(H,22,23);1H. The first kappa shape index (κ1) is 20.8. The van der Waals surface area contributed by atoms with Gasteiger partial charge in [0, 0.05) is 12.1 Å². The summed E-state index contributed by atoms with van der Waals surface area (Å²) in [5.74, 6) is 0.890. The molecule has 2 rings (SSSR count). The lowest BCUT2D eigenvalue weighted by molar-refractivity contribution is -0.121. The lowest BCUT2D eigenvalue weighted by atomic mass is 10.1. The molecule has 1 atom stereocenters. The molecule has 3 N–H and O–H groups in total. The van der Waals surface area contributed by atoms with Crippen LogP contribution in [-0.4, -0.2) is 18.6 Å². The minimum absolute atomic E-state index is 0. The second kappa shape index (κ2) is 10.6. The Labute approximate surface area is 156 Å². The van der Waals surface area contributed by atoms with Gasteiger partial charge in [-0.2, -0.15) is 0 Å². The number of rotatable bonds is 8. The van der Waals surface area contributed by atoms with Gasteiger partial charge in [0.1, 0.15) is 11.9 Å². The zero-order valence-electron chi connectivity index (χ0n) is 14.8. The highest BCUT2D eigenvalue weighted by Gasteiger charge is 2.12. The van der Waals surface area contributed by atoms with Crippen LogP contribution in [0.25, 0.3) is 0 Å². The van der Waals surface area contributed by atoms with Crippen LogP contribution < -0.4 is 15.8 Å². The smallest absolute Gasteiger partial charge is 0.220 e. The van der Waals surface area contributed by atoms with E-state index in [1.54, 1.807) is 0 Å². The number of ether oxygens (including phenoxy) is 1. The third-order valence-electron chi connectivity index (χ3n) is 4.05. The number of halogens is 1. The third kappa shape index (κ3) is 6.67. The Morgan fingerprint density at radius 2 is 1.84 bits per heavy atom. The molecule has 2 aromatic carbocycles. The van der Waals surface area contributed by atoms with Crippen LogP contribution in [0.15, 0.2) is 48.5 Å². The van der Waals surface area contributed by atoms with E-state index in [0.29, 0.717) is 19.4 Å². The van der Waals surface area contributed by atoms with E-state index in [-0.39, 0.29) is 24.4 Å². The monoisotopic (exact) mass is 362 g/mol. The lowest BCUT2D eigenvalue weighted by Crippen LogP contribution is -2.35. The molecule has 0 bridgehead atoms. The van der Waals surface area contributed by atoms with E-state index in [9.17, 15) is 4.79 Å². The molecule has 0 radical (unpaired) electrons. The molecule has 0 fully saturated rings. The van der Waals surface area contributed by atoms with Gasteiger partial charge in [-0.1, -0.05) is 43.3 Å². The molecule has 25 heavy (non-hydrogen) atoms. The largest absolute Gasteiger partial charge is 0.488 e. The maximum Gasteiger partial charge on any atom is 0.220 e. The minimum atomic E-state index is -0.0307. The second-order valence-electron chi connectivity index (χ2n) is 5.92. The van der Waals surface area contributed by atoms with Crippen LogP contribution in [0.1, 0.15) is 30.9 Å². The van der Waals surface area contributed by atoms with Gasteiger partial charge >= 0.3 is 0 Å². The summed E-state index contributed by atoms with van der Waals surface area (Å²) >= 11 is 0. The average Bonchev–Trinajstić information content (AvgIpc) is 2.59. The van der Waals surface area contributed by atoms with Crippen LogP contribution in [0.2, 0.25) is 0 Å². The summed E-state index contributed by atoms with van der Waals surface area (Å²) in [5.41, 5.74) is 8.74. The van der Waals surface area contributed by atoms with Gasteiger partial charge in [0.15, 0.2) is 0 Å². The summed E-state index contributed by atoms with van der Waals surface area (Å²) in [6.07, 6.45) is 1.88. The van der Waals surface area contributed by atoms with E-state index >= 15 is 0 Å². The van der Waals surface area contributed by atoms with Crippen LogP contribution >= 0.6 is 12.4 Å². The molecule has 0 heterocycles. The zero-order chi connectivity index (χ0) is 17.4. The molecule has 0 aliphatic rings. The minimum Gasteiger partial charge on any atom is -0.488 e. The number of anilines is 1. The summed E-state index contributed by atoms with van der Waals surface area (Å²) in [4.78, 5) is 12.1. The first-order valence-electron chi connectivity index (χ1n) is 8.42. The summed E-state index contributed by atoms with van der Waals surface area (Å²) in [6.45, 7) is 4.58. The van der Waals surface area contributed by atoms with Crippen LogP contribution in [0.5, 0.6) is 5.75 Å². The van der Waals surface area contributed by atoms with Crippen molar-refractivity contribution in [2.24, 2.45) is 0 Å². The number of amides is 1. The number of aryl methyl sites for hydroxylation is 2. The van der Waals surface area contributed by atoms with Crippen molar-refractivity contribution >= 4 is 24.0 Å². The number of nitrogens with two attached hydrogens (primary N) is 1. The van der Waals surface area contributed by atoms with Gasteiger partial charge in [0.2, 0.25) is 5.91 Å². The molecule has 0 aliphatic carbocycles. The highest BCUT2D eigenvalue weighted by Crippen LogP contribution is 2.18. The molecule has 0 saturated heterocycles. The van der Waals surface area contributed by atoms with Crippen molar-refractivity contribution in [2.45, 2.75) is 39.2 Å². The number of hydrogen-bond acceptors (Lipinski definition) is 3. The highest BCUT2D eigenvalue weighted by molar-refractivity contribution is 5.85. The molecule has 0 spiro atoms. The van der Waals surface area contributed by atoms with E-state index in [1.807, 2.05) is 55.5 Å². The number of nitrogen functional groups attached to an aromatic ring is 1. The molecule has 1 unspecified atom stereocenters. The predicted molar refractivity (Wildman–Crippen MR) is 105 cm³/mol. The van der Waals surface area contributed by atoms with Gasteiger partial charge in [-0.25, -0.2) is 0 Å². The quantitative estimate of drug-likeness (QED) is 0.700. The second-order valence-corrected chi connectivity index (χ2v) is 5.92. The zero-order valence-corrected chi connectivity index (χ0v) is 15.6. The molecule has 0 saturated carbocycles. The van der Waals surface area contributed by atoms with Gasteiger partial charge in [0.05, 0.1) is 6.54 Å². The van der Waals surface area contributed by atoms with Crippen LogP contribution in [0.3, 0.4) is 0 Å². The summed E-state index contributed by atoms with van der Waals surface area (Å²) < 4.78 is 5.99. The van der Waals surface area contributed by atoms with Crippen molar-refractivity contribution in [1.29, 1.82) is 0 Å². The fraction of sp³-hybridized carbons (Fsp3) is 0.350. The van der Waals surface area contributed by atoms with Crippen molar-refractivity contribution in [3.8, 4) is 5.75 Å². The molecule has 0 aromatic heterocycles. The molecule has 2 aromatic rings. The van der Waals surface area contributed by atoms with Gasteiger partial charge in [0.25, 0.3) is 0 Å². The highest BCUT2D eigenvalue weighted by atomic mass is 35.5. The summed E-state index contributed by atoms with van der Waals surface area (Å²) in [5, 5.41) is 2.96. The number of carbonyl (C=O) groups is 1. The molecule has 1 amide bonds. The predicted octanol–water partition coefficient (Wildman–Crippen LogP) is 3.91. The Kier molecular flexibility index (Phi) is 8.86.